The van der Waals surface area contributed by atoms with Gasteiger partial charge in [-0.25, -0.2) is 9.82 Å². The van der Waals surface area contributed by atoms with E-state index in [1.165, 1.54) is 36.0 Å². The Morgan fingerprint density at radius 1 is 1.00 bits per heavy atom. The van der Waals surface area contributed by atoms with Crippen LogP contribution >= 0.6 is 22.6 Å². The molecular weight excluding hydrogens is 630 g/mol. The molecule has 210 valence electrons. The Balaban J connectivity index is 1.55. The molecule has 0 saturated carbocycles. The smallest absolute Gasteiger partial charge is 0.329 e. The van der Waals surface area contributed by atoms with Gasteiger partial charge in [-0.3, -0.25) is 14.4 Å². The summed E-state index contributed by atoms with van der Waals surface area (Å²) in [6, 6.07) is 16.5. The highest BCUT2D eigenvalue weighted by Crippen LogP contribution is 2.34. The molecule has 0 saturated heterocycles. The van der Waals surface area contributed by atoms with Crippen LogP contribution in [0.5, 0.6) is 11.5 Å². The Morgan fingerprint density at radius 3 is 2.35 bits per heavy atom. The van der Waals surface area contributed by atoms with Gasteiger partial charge >= 0.3 is 11.8 Å². The van der Waals surface area contributed by atoms with Crippen LogP contribution in [0.15, 0.2) is 65.8 Å². The molecule has 0 heterocycles. The first kappa shape index (κ1) is 30.5. The van der Waals surface area contributed by atoms with E-state index in [1.807, 2.05) is 46.9 Å². The van der Waals surface area contributed by atoms with E-state index in [4.69, 9.17) is 9.47 Å². The second-order valence-electron chi connectivity index (χ2n) is 8.88. The fourth-order valence-corrected chi connectivity index (χ4v) is 4.21. The van der Waals surface area contributed by atoms with E-state index in [0.29, 0.717) is 38.8 Å². The number of hydrogen-bond donors (Lipinski definition) is 3. The molecule has 0 atom stereocenters. The molecule has 0 aliphatic carbocycles. The lowest BCUT2D eigenvalue weighted by Crippen LogP contribution is -2.37. The zero-order chi connectivity index (χ0) is 29.1. The summed E-state index contributed by atoms with van der Waals surface area (Å²) in [5, 5.41) is 9.07. The Morgan fingerprint density at radius 2 is 1.70 bits per heavy atom. The second kappa shape index (κ2) is 15.0. The second-order valence-corrected chi connectivity index (χ2v) is 10.0. The number of carbonyl (C=O) groups is 3. The summed E-state index contributed by atoms with van der Waals surface area (Å²) in [6.45, 7) is 6.26. The number of rotatable bonds is 11. The van der Waals surface area contributed by atoms with Crippen molar-refractivity contribution in [2.45, 2.75) is 33.2 Å². The van der Waals surface area contributed by atoms with Crippen LogP contribution in [0, 0.1) is 9.39 Å². The molecule has 0 fully saturated rings. The maximum atomic E-state index is 13.1. The molecule has 0 unspecified atom stereocenters. The zero-order valence-electron chi connectivity index (χ0n) is 22.3. The normalized spacial score (nSPS) is 10.8. The SMILES string of the molecule is CCOc1cc(/C=N\NC(=O)C(=O)NCc2ccc(C(C)C)cc2)cc(I)c1OCC(=O)Nc1ccc(F)cc1. The van der Waals surface area contributed by atoms with Gasteiger partial charge in [-0.15, -0.1) is 0 Å². The molecule has 0 radical (unpaired) electrons. The molecule has 40 heavy (non-hydrogen) atoms. The Labute approximate surface area is 245 Å². The fraction of sp³-hybridized carbons (Fsp3) is 0.241. The summed E-state index contributed by atoms with van der Waals surface area (Å²) in [5.41, 5.74) is 5.29. The van der Waals surface area contributed by atoms with Crippen molar-refractivity contribution in [2.24, 2.45) is 5.10 Å². The predicted octanol–water partition coefficient (Wildman–Crippen LogP) is 4.74. The first-order valence-corrected chi connectivity index (χ1v) is 13.6. The molecule has 0 spiro atoms. The van der Waals surface area contributed by atoms with Crippen molar-refractivity contribution in [2.75, 3.05) is 18.5 Å². The Bertz CT molecular complexity index is 1360. The average Bonchev–Trinajstić information content (AvgIpc) is 2.92. The van der Waals surface area contributed by atoms with Gasteiger partial charge in [-0.05, 0) is 88.5 Å². The van der Waals surface area contributed by atoms with Crippen molar-refractivity contribution in [3.63, 3.8) is 0 Å². The van der Waals surface area contributed by atoms with Crippen molar-refractivity contribution in [1.82, 2.24) is 10.7 Å². The number of halogens is 2. The molecule has 0 aliphatic rings. The average molecular weight is 660 g/mol. The van der Waals surface area contributed by atoms with Gasteiger partial charge in [0.15, 0.2) is 18.1 Å². The highest BCUT2D eigenvalue weighted by atomic mass is 127. The molecule has 0 aromatic heterocycles. The van der Waals surface area contributed by atoms with Gasteiger partial charge in [-0.2, -0.15) is 5.10 Å². The lowest BCUT2D eigenvalue weighted by atomic mass is 10.0. The minimum absolute atomic E-state index is 0.216. The van der Waals surface area contributed by atoms with E-state index in [-0.39, 0.29) is 13.2 Å². The van der Waals surface area contributed by atoms with Crippen LogP contribution in [0.4, 0.5) is 10.1 Å². The van der Waals surface area contributed by atoms with E-state index in [1.54, 1.807) is 19.1 Å². The number of nitrogens with zero attached hydrogens (tertiary/aromatic N) is 1. The highest BCUT2D eigenvalue weighted by Gasteiger charge is 2.15. The summed E-state index contributed by atoms with van der Waals surface area (Å²) in [7, 11) is 0. The van der Waals surface area contributed by atoms with Gasteiger partial charge < -0.3 is 20.1 Å². The van der Waals surface area contributed by atoms with Crippen LogP contribution in [-0.4, -0.2) is 37.1 Å². The molecule has 0 bridgehead atoms. The van der Waals surface area contributed by atoms with Gasteiger partial charge in [-0.1, -0.05) is 38.1 Å². The number of ether oxygens (including phenoxy) is 2. The number of hydrogen-bond acceptors (Lipinski definition) is 6. The zero-order valence-corrected chi connectivity index (χ0v) is 24.5. The molecule has 3 aromatic rings. The van der Waals surface area contributed by atoms with E-state index in [9.17, 15) is 18.8 Å². The Kier molecular flexibility index (Phi) is 11.4. The highest BCUT2D eigenvalue weighted by molar-refractivity contribution is 14.1. The molecule has 3 aromatic carbocycles. The third kappa shape index (κ3) is 9.33. The molecule has 3 amide bonds. The lowest BCUT2D eigenvalue weighted by Gasteiger charge is -2.14. The minimum Gasteiger partial charge on any atom is -0.490 e. The number of anilines is 1. The molecule has 3 N–H and O–H groups in total. The van der Waals surface area contributed by atoms with E-state index >= 15 is 0 Å². The minimum atomic E-state index is -0.901. The topological polar surface area (TPSA) is 118 Å². The first-order chi connectivity index (χ1) is 19.2. The Hall–Kier alpha value is -4.00. The van der Waals surface area contributed by atoms with Gasteiger partial charge in [0.1, 0.15) is 5.82 Å². The quantitative estimate of drug-likeness (QED) is 0.119. The van der Waals surface area contributed by atoms with E-state index < -0.39 is 23.5 Å². The molecule has 3 rings (SSSR count). The number of benzene rings is 3. The largest absolute Gasteiger partial charge is 0.490 e. The molecular formula is C29H30FIN4O5. The fourth-order valence-electron chi connectivity index (χ4n) is 3.43. The summed E-state index contributed by atoms with van der Waals surface area (Å²) in [4.78, 5) is 36.6. The first-order valence-electron chi connectivity index (χ1n) is 12.5. The van der Waals surface area contributed by atoms with Crippen molar-refractivity contribution < 1.29 is 28.2 Å². The lowest BCUT2D eigenvalue weighted by molar-refractivity contribution is -0.139. The van der Waals surface area contributed by atoms with Gasteiger partial charge in [0, 0.05) is 12.2 Å². The molecule has 9 nitrogen and oxygen atoms in total. The van der Waals surface area contributed by atoms with E-state index in [2.05, 4.69) is 35.0 Å². The van der Waals surface area contributed by atoms with Crippen LogP contribution in [0.3, 0.4) is 0 Å². The summed E-state index contributed by atoms with van der Waals surface area (Å²) in [5.74, 6) is -1.40. The monoisotopic (exact) mass is 660 g/mol. The predicted molar refractivity (Wildman–Crippen MR) is 159 cm³/mol. The van der Waals surface area contributed by atoms with Crippen LogP contribution in [-0.2, 0) is 20.9 Å². The number of carbonyl (C=O) groups excluding carboxylic acids is 3. The number of nitrogens with one attached hydrogen (secondary N) is 3. The summed E-state index contributed by atoms with van der Waals surface area (Å²) >= 11 is 2.03. The summed E-state index contributed by atoms with van der Waals surface area (Å²) < 4.78 is 25.1. The maximum Gasteiger partial charge on any atom is 0.329 e. The maximum absolute atomic E-state index is 13.1. The third-order valence-electron chi connectivity index (χ3n) is 5.49. The van der Waals surface area contributed by atoms with E-state index in [0.717, 1.165) is 5.56 Å². The standard InChI is InChI=1S/C29H30FIN4O5/c1-4-39-25-14-20(13-24(31)27(25)40-17-26(36)34-23-11-9-22(30)10-12-23)16-33-35-29(38)28(37)32-15-19-5-7-21(8-6-19)18(2)3/h5-14,16,18H,4,15,17H2,1-3H3,(H,32,37)(H,34,36)(H,35,38)/b33-16-. The third-order valence-corrected chi connectivity index (χ3v) is 6.29. The van der Waals surface area contributed by atoms with Crippen molar-refractivity contribution in [3.05, 3.63) is 86.7 Å². The van der Waals surface area contributed by atoms with Crippen molar-refractivity contribution in [1.29, 1.82) is 0 Å². The van der Waals surface area contributed by atoms with Crippen LogP contribution in [0.1, 0.15) is 43.4 Å². The number of hydrazone groups is 1. The van der Waals surface area contributed by atoms with Gasteiger partial charge in [0.2, 0.25) is 0 Å². The van der Waals surface area contributed by atoms with Crippen molar-refractivity contribution in [3.8, 4) is 11.5 Å². The molecule has 0 aliphatic heterocycles. The number of amides is 3. The van der Waals surface area contributed by atoms with Crippen molar-refractivity contribution >= 4 is 52.2 Å². The van der Waals surface area contributed by atoms with Crippen LogP contribution in [0.2, 0.25) is 0 Å². The van der Waals surface area contributed by atoms with Gasteiger partial charge in [0.25, 0.3) is 5.91 Å². The van der Waals surface area contributed by atoms with Gasteiger partial charge in [0.05, 0.1) is 16.4 Å². The van der Waals surface area contributed by atoms with Crippen LogP contribution in [0.25, 0.3) is 0 Å². The van der Waals surface area contributed by atoms with Crippen LogP contribution < -0.4 is 25.5 Å². The molecule has 11 heteroatoms. The summed E-state index contributed by atoms with van der Waals surface area (Å²) in [6.07, 6.45) is 1.37.